The van der Waals surface area contributed by atoms with Crippen LogP contribution in [0.5, 0.6) is 11.5 Å². The van der Waals surface area contributed by atoms with Crippen molar-refractivity contribution < 1.29 is 17.3 Å². The number of thiocarbonyl (C=S) groups is 1. The molecule has 0 saturated carbocycles. The number of nitrogens with one attached hydrogen (secondary N) is 1. The Morgan fingerprint density at radius 1 is 1.24 bits per heavy atom. The molecule has 0 radical (unpaired) electrons. The predicted octanol–water partition coefficient (Wildman–Crippen LogP) is 1.94. The zero-order chi connectivity index (χ0) is 18.4. The van der Waals surface area contributed by atoms with Crippen molar-refractivity contribution >= 4 is 33.7 Å². The van der Waals surface area contributed by atoms with Crippen LogP contribution in [0, 0.1) is 6.92 Å². The Kier molecular flexibility index (Phi) is 5.94. The van der Waals surface area contributed by atoms with Gasteiger partial charge in [-0.1, -0.05) is 23.8 Å². The van der Waals surface area contributed by atoms with Crippen molar-refractivity contribution in [2.45, 2.75) is 11.8 Å². The number of para-hydroxylation sites is 1. The largest absolute Gasteiger partial charge is 0.493 e. The number of hydrazone groups is 1. The van der Waals surface area contributed by atoms with Gasteiger partial charge in [0.05, 0.1) is 13.3 Å². The summed E-state index contributed by atoms with van der Waals surface area (Å²) in [6.45, 7) is 1.86. The normalized spacial score (nSPS) is 11.3. The average Bonchev–Trinajstić information content (AvgIpc) is 2.56. The molecule has 0 aliphatic heterocycles. The van der Waals surface area contributed by atoms with Crippen LogP contribution < -0.4 is 20.1 Å². The number of benzene rings is 2. The molecule has 9 heteroatoms. The van der Waals surface area contributed by atoms with Gasteiger partial charge in [0.1, 0.15) is 4.90 Å². The molecule has 0 aliphatic rings. The first-order valence-corrected chi connectivity index (χ1v) is 8.92. The highest BCUT2D eigenvalue weighted by Gasteiger charge is 2.21. The van der Waals surface area contributed by atoms with Crippen molar-refractivity contribution in [2.75, 3.05) is 7.11 Å². The van der Waals surface area contributed by atoms with Crippen LogP contribution in [-0.4, -0.2) is 26.9 Å². The smallest absolute Gasteiger partial charge is 0.339 e. The number of nitrogens with two attached hydrogens (primary N) is 1. The minimum Gasteiger partial charge on any atom is -0.493 e. The van der Waals surface area contributed by atoms with E-state index in [2.05, 4.69) is 22.7 Å². The molecule has 2 aromatic rings. The third-order valence-corrected chi connectivity index (χ3v) is 4.44. The monoisotopic (exact) mass is 379 g/mol. The van der Waals surface area contributed by atoms with Gasteiger partial charge in [-0.2, -0.15) is 13.5 Å². The average molecular weight is 379 g/mol. The lowest BCUT2D eigenvalue weighted by Gasteiger charge is -2.13. The van der Waals surface area contributed by atoms with Gasteiger partial charge in [-0.25, -0.2) is 0 Å². The maximum Gasteiger partial charge on any atom is 0.339 e. The quantitative estimate of drug-likeness (QED) is 0.342. The van der Waals surface area contributed by atoms with Crippen LogP contribution in [0.4, 0.5) is 0 Å². The summed E-state index contributed by atoms with van der Waals surface area (Å²) in [5.41, 5.74) is 9.00. The second-order valence-electron chi connectivity index (χ2n) is 4.96. The van der Waals surface area contributed by atoms with E-state index in [-0.39, 0.29) is 21.5 Å². The molecular weight excluding hydrogens is 362 g/mol. The molecule has 0 aliphatic carbocycles. The first-order valence-electron chi connectivity index (χ1n) is 7.10. The van der Waals surface area contributed by atoms with Crippen molar-refractivity contribution in [2.24, 2.45) is 10.8 Å². The van der Waals surface area contributed by atoms with Crippen LogP contribution in [-0.2, 0) is 10.1 Å². The van der Waals surface area contributed by atoms with Gasteiger partial charge in [0, 0.05) is 5.56 Å². The van der Waals surface area contributed by atoms with Gasteiger partial charge in [0.25, 0.3) is 0 Å². The lowest BCUT2D eigenvalue weighted by atomic mass is 10.2. The molecule has 0 amide bonds. The van der Waals surface area contributed by atoms with Crippen molar-refractivity contribution in [3.63, 3.8) is 0 Å². The topological polar surface area (TPSA) is 103 Å². The van der Waals surface area contributed by atoms with Crippen LogP contribution in [0.2, 0.25) is 0 Å². The number of hydrogen-bond donors (Lipinski definition) is 2. The highest BCUT2D eigenvalue weighted by Crippen LogP contribution is 2.32. The van der Waals surface area contributed by atoms with Crippen molar-refractivity contribution in [1.29, 1.82) is 0 Å². The lowest BCUT2D eigenvalue weighted by Crippen LogP contribution is -2.24. The summed E-state index contributed by atoms with van der Waals surface area (Å²) in [6.07, 6.45) is 1.33. The molecule has 0 saturated heterocycles. The van der Waals surface area contributed by atoms with E-state index >= 15 is 0 Å². The van der Waals surface area contributed by atoms with E-state index in [1.165, 1.54) is 25.5 Å². The van der Waals surface area contributed by atoms with Gasteiger partial charge in [-0.15, -0.1) is 0 Å². The standard InChI is InChI=1S/C16H17N3O4S2/c1-11-6-8-13(9-7-11)25(20,21)23-15-12(10-18-19-16(17)24)4-3-5-14(15)22-2/h3-10H,1-2H3,(H3,17,19,24). The predicted molar refractivity (Wildman–Crippen MR) is 99.5 cm³/mol. The van der Waals surface area contributed by atoms with E-state index in [1.807, 2.05) is 6.92 Å². The summed E-state index contributed by atoms with van der Waals surface area (Å²) in [6, 6.07) is 11.2. The third kappa shape index (κ3) is 4.91. The van der Waals surface area contributed by atoms with Gasteiger partial charge in [0.2, 0.25) is 0 Å². The van der Waals surface area contributed by atoms with Crippen LogP contribution in [0.15, 0.2) is 52.5 Å². The highest BCUT2D eigenvalue weighted by molar-refractivity contribution is 7.87. The molecule has 0 bridgehead atoms. The fourth-order valence-electron chi connectivity index (χ4n) is 1.91. The maximum absolute atomic E-state index is 12.5. The minimum absolute atomic E-state index is 0.0130. The van der Waals surface area contributed by atoms with E-state index in [4.69, 9.17) is 14.7 Å². The molecule has 0 aromatic heterocycles. The first kappa shape index (κ1) is 18.7. The Morgan fingerprint density at radius 2 is 1.92 bits per heavy atom. The summed E-state index contributed by atoms with van der Waals surface area (Å²) in [7, 11) is -2.63. The second kappa shape index (κ2) is 7.95. The molecule has 25 heavy (non-hydrogen) atoms. The fraction of sp³-hybridized carbons (Fsp3) is 0.125. The van der Waals surface area contributed by atoms with Crippen LogP contribution in [0.3, 0.4) is 0 Å². The zero-order valence-corrected chi connectivity index (χ0v) is 15.2. The molecule has 132 valence electrons. The van der Waals surface area contributed by atoms with Crippen LogP contribution in [0.25, 0.3) is 0 Å². The summed E-state index contributed by atoms with van der Waals surface area (Å²) in [5, 5.41) is 3.80. The van der Waals surface area contributed by atoms with Gasteiger partial charge in [0.15, 0.2) is 16.6 Å². The molecule has 3 N–H and O–H groups in total. The molecule has 0 fully saturated rings. The Balaban J connectivity index is 2.41. The van der Waals surface area contributed by atoms with E-state index in [0.717, 1.165) is 5.56 Å². The molecule has 7 nitrogen and oxygen atoms in total. The Hall–Kier alpha value is -2.65. The third-order valence-electron chi connectivity index (χ3n) is 3.11. The van der Waals surface area contributed by atoms with Gasteiger partial charge in [-0.3, -0.25) is 5.43 Å². The Morgan fingerprint density at radius 3 is 2.52 bits per heavy atom. The van der Waals surface area contributed by atoms with Gasteiger partial charge >= 0.3 is 10.1 Å². The van der Waals surface area contributed by atoms with Crippen molar-refractivity contribution in [3.05, 3.63) is 53.6 Å². The molecule has 2 aromatic carbocycles. The second-order valence-corrected chi connectivity index (χ2v) is 6.95. The van der Waals surface area contributed by atoms with Crippen LogP contribution >= 0.6 is 12.2 Å². The molecule has 0 atom stereocenters. The van der Waals surface area contributed by atoms with E-state index in [1.54, 1.807) is 30.3 Å². The molecular formula is C16H17N3O4S2. The van der Waals surface area contributed by atoms with Gasteiger partial charge in [-0.05, 0) is 43.4 Å². The SMILES string of the molecule is COc1cccc(C=NNC(N)=S)c1OS(=O)(=O)c1ccc(C)cc1. The number of ether oxygens (including phenoxy) is 1. The lowest BCUT2D eigenvalue weighted by molar-refractivity contribution is 0.390. The molecule has 2 rings (SSSR count). The Labute approximate surface area is 151 Å². The van der Waals surface area contributed by atoms with E-state index in [9.17, 15) is 8.42 Å². The summed E-state index contributed by atoms with van der Waals surface area (Å²) >= 11 is 4.66. The van der Waals surface area contributed by atoms with Gasteiger partial charge < -0.3 is 14.7 Å². The highest BCUT2D eigenvalue weighted by atomic mass is 32.2. The number of nitrogens with zero attached hydrogens (tertiary/aromatic N) is 1. The first-order chi connectivity index (χ1) is 11.8. The van der Waals surface area contributed by atoms with Crippen molar-refractivity contribution in [3.8, 4) is 11.5 Å². The maximum atomic E-state index is 12.5. The number of methoxy groups -OCH3 is 1. The Bertz CT molecular complexity index is 894. The zero-order valence-electron chi connectivity index (χ0n) is 13.6. The number of aryl methyl sites for hydroxylation is 1. The fourth-order valence-corrected chi connectivity index (χ4v) is 2.93. The van der Waals surface area contributed by atoms with E-state index in [0.29, 0.717) is 5.56 Å². The van der Waals surface area contributed by atoms with Crippen molar-refractivity contribution in [1.82, 2.24) is 5.43 Å². The van der Waals surface area contributed by atoms with Crippen LogP contribution in [0.1, 0.15) is 11.1 Å². The minimum atomic E-state index is -4.04. The molecule has 0 unspecified atom stereocenters. The number of rotatable bonds is 6. The summed E-state index contributed by atoms with van der Waals surface area (Å²) in [4.78, 5) is 0.0353. The number of hydrogen-bond acceptors (Lipinski definition) is 6. The molecule has 0 spiro atoms. The molecule has 0 heterocycles. The summed E-state index contributed by atoms with van der Waals surface area (Å²) < 4.78 is 35.6. The summed E-state index contributed by atoms with van der Waals surface area (Å²) in [5.74, 6) is 0.258. The van der Waals surface area contributed by atoms with E-state index < -0.39 is 10.1 Å².